The summed E-state index contributed by atoms with van der Waals surface area (Å²) >= 11 is 0. The van der Waals surface area contributed by atoms with Crippen molar-refractivity contribution >= 4 is 17.2 Å². The third kappa shape index (κ3) is 5.15. The zero-order valence-electron chi connectivity index (χ0n) is 23.9. The van der Waals surface area contributed by atoms with Crippen LogP contribution in [0, 0.1) is 20.8 Å². The molecular formula is C29H31F2N9O2. The van der Waals surface area contributed by atoms with Gasteiger partial charge < -0.3 is 10.4 Å². The van der Waals surface area contributed by atoms with Crippen molar-refractivity contribution in [3.05, 3.63) is 65.4 Å². The molecule has 0 radical (unpaired) electrons. The van der Waals surface area contributed by atoms with Crippen molar-refractivity contribution in [2.75, 3.05) is 5.32 Å². The third-order valence-electron chi connectivity index (χ3n) is 7.51. The molecule has 1 aromatic carbocycles. The molecule has 2 N–H and O–H groups in total. The highest BCUT2D eigenvalue weighted by Gasteiger charge is 2.47. The van der Waals surface area contributed by atoms with Crippen molar-refractivity contribution in [2.45, 2.75) is 71.6 Å². The SMILES string of the molecule is Cc1ccc(-c2nnn(C3CC(F)(F)C3)n2)cc1NC(=O)c1cnc2ccc(-c3c(C)nn(CC(C)(C)O)c3C)cn12. The molecule has 1 saturated carbocycles. The van der Waals surface area contributed by atoms with E-state index in [9.17, 15) is 18.7 Å². The van der Waals surface area contributed by atoms with E-state index in [2.05, 4.69) is 30.8 Å². The van der Waals surface area contributed by atoms with Crippen LogP contribution in [0.25, 0.3) is 28.2 Å². The minimum Gasteiger partial charge on any atom is -0.389 e. The second kappa shape index (κ2) is 9.79. The normalized spacial score (nSPS) is 15.2. The molecule has 4 aromatic heterocycles. The van der Waals surface area contributed by atoms with Gasteiger partial charge in [-0.3, -0.25) is 13.9 Å². The maximum atomic E-state index is 13.5. The van der Waals surface area contributed by atoms with Gasteiger partial charge in [0.25, 0.3) is 11.8 Å². The van der Waals surface area contributed by atoms with Gasteiger partial charge in [-0.2, -0.15) is 9.90 Å². The van der Waals surface area contributed by atoms with Crippen molar-refractivity contribution < 1.29 is 18.7 Å². The van der Waals surface area contributed by atoms with Crippen molar-refractivity contribution in [3.63, 3.8) is 0 Å². The average molecular weight is 576 g/mol. The molecule has 1 aliphatic rings. The molecule has 1 fully saturated rings. The van der Waals surface area contributed by atoms with Gasteiger partial charge in [0.15, 0.2) is 0 Å². The summed E-state index contributed by atoms with van der Waals surface area (Å²) in [5.74, 6) is -2.76. The quantitative estimate of drug-likeness (QED) is 0.286. The van der Waals surface area contributed by atoms with Crippen LogP contribution >= 0.6 is 0 Å². The lowest BCUT2D eigenvalue weighted by Crippen LogP contribution is -2.38. The number of nitrogens with one attached hydrogen (secondary N) is 1. The van der Waals surface area contributed by atoms with Gasteiger partial charge >= 0.3 is 0 Å². The van der Waals surface area contributed by atoms with E-state index in [1.165, 1.54) is 11.0 Å². The number of aryl methyl sites for hydroxylation is 2. The standard InChI is InChI=1S/C29H31F2N9O2/c1-16-6-7-19(26-34-37-40(36-26)21-11-29(30,31)12-21)10-22(16)33-27(41)23-13-32-24-9-8-20(14-38(23)24)25-17(2)35-39(18(25)3)15-28(4,5)42/h6-10,13-14,21,42H,11-12,15H2,1-5H3,(H,33,41). The second-order valence-electron chi connectivity index (χ2n) is 11.6. The fourth-order valence-corrected chi connectivity index (χ4v) is 5.30. The monoisotopic (exact) mass is 575 g/mol. The lowest BCUT2D eigenvalue weighted by Gasteiger charge is -2.33. The van der Waals surface area contributed by atoms with Gasteiger partial charge in [-0.15, -0.1) is 10.2 Å². The summed E-state index contributed by atoms with van der Waals surface area (Å²) in [5.41, 5.74) is 5.50. The number of aromatic nitrogens is 8. The summed E-state index contributed by atoms with van der Waals surface area (Å²) in [7, 11) is 0. The Morgan fingerprint density at radius 3 is 2.57 bits per heavy atom. The highest BCUT2D eigenvalue weighted by Crippen LogP contribution is 2.44. The zero-order valence-corrected chi connectivity index (χ0v) is 23.9. The topological polar surface area (TPSA) is 128 Å². The first-order chi connectivity index (χ1) is 19.8. The van der Waals surface area contributed by atoms with Crippen molar-refractivity contribution in [1.82, 2.24) is 39.4 Å². The molecule has 0 unspecified atom stereocenters. The van der Waals surface area contributed by atoms with E-state index >= 15 is 0 Å². The van der Waals surface area contributed by atoms with E-state index in [1.807, 2.05) is 45.2 Å². The molecule has 0 spiro atoms. The number of anilines is 1. The Kier molecular flexibility index (Phi) is 6.44. The van der Waals surface area contributed by atoms with Gasteiger partial charge in [0, 0.05) is 47.1 Å². The molecular weight excluding hydrogens is 544 g/mol. The van der Waals surface area contributed by atoms with Crippen LogP contribution in [0.3, 0.4) is 0 Å². The van der Waals surface area contributed by atoms with E-state index in [0.29, 0.717) is 29.1 Å². The molecule has 42 heavy (non-hydrogen) atoms. The molecule has 1 amide bonds. The van der Waals surface area contributed by atoms with E-state index < -0.39 is 17.6 Å². The highest BCUT2D eigenvalue weighted by molar-refractivity contribution is 6.04. The number of alkyl halides is 2. The Hall–Kier alpha value is -4.52. The number of amides is 1. The largest absolute Gasteiger partial charge is 0.389 e. The van der Waals surface area contributed by atoms with Crippen molar-refractivity contribution in [3.8, 4) is 22.5 Å². The fourth-order valence-electron chi connectivity index (χ4n) is 5.30. The van der Waals surface area contributed by atoms with Gasteiger partial charge in [-0.1, -0.05) is 12.1 Å². The summed E-state index contributed by atoms with van der Waals surface area (Å²) in [5, 5.41) is 30.2. The average Bonchev–Trinajstić information content (AvgIpc) is 3.60. The molecule has 6 rings (SSSR count). The summed E-state index contributed by atoms with van der Waals surface area (Å²) < 4.78 is 30.1. The molecule has 11 nitrogen and oxygen atoms in total. The Morgan fingerprint density at radius 1 is 1.12 bits per heavy atom. The maximum absolute atomic E-state index is 13.5. The number of halogens is 2. The van der Waals surface area contributed by atoms with Gasteiger partial charge in [-0.05, 0) is 63.6 Å². The highest BCUT2D eigenvalue weighted by atomic mass is 19.3. The van der Waals surface area contributed by atoms with Gasteiger partial charge in [-0.25, -0.2) is 13.8 Å². The number of carbonyl (C=O) groups is 1. The molecule has 0 bridgehead atoms. The van der Waals surface area contributed by atoms with E-state index in [1.54, 1.807) is 35.1 Å². The molecule has 4 heterocycles. The first-order valence-electron chi connectivity index (χ1n) is 13.6. The fraction of sp³-hybridized carbons (Fsp3) is 0.379. The number of tetrazole rings is 1. The predicted molar refractivity (Wildman–Crippen MR) is 151 cm³/mol. The van der Waals surface area contributed by atoms with Crippen LogP contribution in [0.4, 0.5) is 14.5 Å². The molecule has 0 aliphatic heterocycles. The number of hydrogen-bond donors (Lipinski definition) is 2. The number of nitrogens with zero attached hydrogens (tertiary/aromatic N) is 8. The first kappa shape index (κ1) is 27.6. The van der Waals surface area contributed by atoms with Crippen LogP contribution in [0.1, 0.15) is 60.2 Å². The van der Waals surface area contributed by atoms with Crippen LogP contribution < -0.4 is 5.32 Å². The van der Waals surface area contributed by atoms with Crippen LogP contribution in [0.5, 0.6) is 0 Å². The Morgan fingerprint density at radius 2 is 1.86 bits per heavy atom. The summed E-state index contributed by atoms with van der Waals surface area (Å²) in [6, 6.07) is 8.67. The lowest BCUT2D eigenvalue weighted by atomic mass is 9.89. The molecule has 13 heteroatoms. The number of carbonyl (C=O) groups excluding carboxylic acids is 1. The molecule has 1 aliphatic carbocycles. The number of fused-ring (bicyclic) bond motifs is 1. The van der Waals surface area contributed by atoms with E-state index in [-0.39, 0.29) is 24.6 Å². The summed E-state index contributed by atoms with van der Waals surface area (Å²) in [4.78, 5) is 19.1. The van der Waals surface area contributed by atoms with Gasteiger partial charge in [0.1, 0.15) is 11.3 Å². The van der Waals surface area contributed by atoms with Crippen LogP contribution in [0.2, 0.25) is 0 Å². The summed E-state index contributed by atoms with van der Waals surface area (Å²) in [6.45, 7) is 9.56. The third-order valence-corrected chi connectivity index (χ3v) is 7.51. The van der Waals surface area contributed by atoms with Gasteiger partial charge in [0.05, 0.1) is 30.1 Å². The first-order valence-corrected chi connectivity index (χ1v) is 13.6. The predicted octanol–water partition coefficient (Wildman–Crippen LogP) is 4.77. The zero-order chi connectivity index (χ0) is 30.0. The summed E-state index contributed by atoms with van der Waals surface area (Å²) in [6.07, 6.45) is 2.77. The van der Waals surface area contributed by atoms with Crippen LogP contribution in [-0.4, -0.2) is 61.9 Å². The number of hydrogen-bond acceptors (Lipinski definition) is 7. The number of aliphatic hydroxyl groups is 1. The molecule has 0 atom stereocenters. The molecule has 218 valence electrons. The number of imidazole rings is 1. The molecule has 5 aromatic rings. The Bertz CT molecular complexity index is 1820. The second-order valence-corrected chi connectivity index (χ2v) is 11.6. The Balaban J connectivity index is 1.27. The van der Waals surface area contributed by atoms with Crippen LogP contribution in [-0.2, 0) is 6.54 Å². The maximum Gasteiger partial charge on any atom is 0.274 e. The van der Waals surface area contributed by atoms with E-state index in [0.717, 1.165) is 28.1 Å². The van der Waals surface area contributed by atoms with Crippen molar-refractivity contribution in [1.29, 1.82) is 0 Å². The molecule has 0 saturated heterocycles. The van der Waals surface area contributed by atoms with Crippen LogP contribution in [0.15, 0.2) is 42.7 Å². The number of rotatable bonds is 7. The van der Waals surface area contributed by atoms with Gasteiger partial charge in [0.2, 0.25) is 5.82 Å². The smallest absolute Gasteiger partial charge is 0.274 e. The minimum atomic E-state index is -2.69. The lowest BCUT2D eigenvalue weighted by molar-refractivity contribution is -0.110. The Labute approximate surface area is 240 Å². The number of benzene rings is 1. The minimum absolute atomic E-state index is 0.288. The number of pyridine rings is 1. The van der Waals surface area contributed by atoms with Crippen molar-refractivity contribution in [2.24, 2.45) is 0 Å². The van der Waals surface area contributed by atoms with E-state index in [4.69, 9.17) is 0 Å².